The summed E-state index contributed by atoms with van der Waals surface area (Å²) in [5.41, 5.74) is 6.36. The number of hydrogen-bond acceptors (Lipinski definition) is 5. The fourth-order valence-electron chi connectivity index (χ4n) is 3.21. The summed E-state index contributed by atoms with van der Waals surface area (Å²) < 4.78 is 0. The van der Waals surface area contributed by atoms with Crippen LogP contribution in [0.2, 0.25) is 0 Å². The van der Waals surface area contributed by atoms with Gasteiger partial charge in [-0.1, -0.05) is 12.1 Å². The third kappa shape index (κ3) is 4.76. The Kier molecular flexibility index (Phi) is 5.38. The molecule has 3 N–H and O–H groups in total. The smallest absolute Gasteiger partial charge is 0.231 e. The predicted octanol–water partition coefficient (Wildman–Crippen LogP) is 1.96. The maximum absolute atomic E-state index is 11.1. The van der Waals surface area contributed by atoms with E-state index in [0.29, 0.717) is 12.5 Å². The lowest BCUT2D eigenvalue weighted by Gasteiger charge is -2.31. The number of nitrogens with one attached hydrogen (secondary N) is 1. The van der Waals surface area contributed by atoms with Gasteiger partial charge in [-0.05, 0) is 56.0 Å². The number of amides is 1. The van der Waals surface area contributed by atoms with Crippen molar-refractivity contribution in [2.45, 2.75) is 19.3 Å². The molecule has 0 aromatic carbocycles. The van der Waals surface area contributed by atoms with Crippen molar-refractivity contribution in [1.29, 1.82) is 0 Å². The van der Waals surface area contributed by atoms with Crippen molar-refractivity contribution in [1.82, 2.24) is 14.9 Å². The molecule has 1 aliphatic heterocycles. The first-order chi connectivity index (χ1) is 11.7. The second kappa shape index (κ2) is 7.88. The standard InChI is InChI=1S/C18H23N5O/c19-16(24)13-23-10-4-5-14(12-23)11-15-6-3-8-18(21-15)22-17-7-1-2-9-20-17/h1-3,6-9,14H,4-5,10-13H2,(H2,19,24)(H,20,21,22). The number of carbonyl (C=O) groups excluding carboxylic acids is 1. The summed E-state index contributed by atoms with van der Waals surface area (Å²) in [6, 6.07) is 11.7. The predicted molar refractivity (Wildman–Crippen MR) is 93.8 cm³/mol. The largest absolute Gasteiger partial charge is 0.369 e. The van der Waals surface area contributed by atoms with E-state index in [2.05, 4.69) is 26.3 Å². The fraction of sp³-hybridized carbons (Fsp3) is 0.389. The minimum atomic E-state index is -0.254. The van der Waals surface area contributed by atoms with Crippen molar-refractivity contribution in [3.05, 3.63) is 48.3 Å². The molecule has 24 heavy (non-hydrogen) atoms. The van der Waals surface area contributed by atoms with E-state index in [9.17, 15) is 4.79 Å². The number of primary amides is 1. The molecule has 1 amide bonds. The Morgan fingerprint density at radius 2 is 2.12 bits per heavy atom. The number of anilines is 2. The molecule has 2 aromatic heterocycles. The van der Waals surface area contributed by atoms with Crippen molar-refractivity contribution in [2.75, 3.05) is 25.0 Å². The lowest BCUT2D eigenvalue weighted by Crippen LogP contribution is -2.41. The van der Waals surface area contributed by atoms with Crippen molar-refractivity contribution >= 4 is 17.5 Å². The van der Waals surface area contributed by atoms with Gasteiger partial charge in [0.1, 0.15) is 11.6 Å². The van der Waals surface area contributed by atoms with Gasteiger partial charge in [-0.3, -0.25) is 9.69 Å². The quantitative estimate of drug-likeness (QED) is 0.848. The maximum atomic E-state index is 11.1. The minimum absolute atomic E-state index is 0.254. The zero-order valence-corrected chi connectivity index (χ0v) is 13.7. The highest BCUT2D eigenvalue weighted by molar-refractivity contribution is 5.75. The van der Waals surface area contributed by atoms with E-state index >= 15 is 0 Å². The molecule has 1 saturated heterocycles. The molecule has 3 heterocycles. The Morgan fingerprint density at radius 1 is 1.25 bits per heavy atom. The van der Waals surface area contributed by atoms with Crippen LogP contribution in [0.25, 0.3) is 0 Å². The van der Waals surface area contributed by atoms with Crippen LogP contribution in [0, 0.1) is 5.92 Å². The molecule has 1 aliphatic rings. The summed E-state index contributed by atoms with van der Waals surface area (Å²) in [5.74, 6) is 1.84. The molecule has 6 heteroatoms. The van der Waals surface area contributed by atoms with Crippen LogP contribution in [0.1, 0.15) is 18.5 Å². The van der Waals surface area contributed by atoms with E-state index < -0.39 is 0 Å². The molecule has 3 rings (SSSR count). The topological polar surface area (TPSA) is 84.1 Å². The molecule has 0 bridgehead atoms. The van der Waals surface area contributed by atoms with E-state index in [1.165, 1.54) is 0 Å². The minimum Gasteiger partial charge on any atom is -0.369 e. The lowest BCUT2D eigenvalue weighted by molar-refractivity contribution is -0.119. The summed E-state index contributed by atoms with van der Waals surface area (Å²) in [6.07, 6.45) is 4.92. The normalized spacial score (nSPS) is 18.2. The maximum Gasteiger partial charge on any atom is 0.231 e. The Bertz CT molecular complexity index is 676. The first-order valence-corrected chi connectivity index (χ1v) is 8.34. The number of likely N-dealkylation sites (tertiary alicyclic amines) is 1. The van der Waals surface area contributed by atoms with Crippen LogP contribution in [-0.2, 0) is 11.2 Å². The highest BCUT2D eigenvalue weighted by Crippen LogP contribution is 2.21. The summed E-state index contributed by atoms with van der Waals surface area (Å²) in [6.45, 7) is 2.21. The average Bonchev–Trinajstić information content (AvgIpc) is 2.56. The number of nitrogens with two attached hydrogens (primary N) is 1. The second-order valence-corrected chi connectivity index (χ2v) is 6.27. The van der Waals surface area contributed by atoms with Crippen LogP contribution in [0.5, 0.6) is 0 Å². The van der Waals surface area contributed by atoms with Crippen LogP contribution >= 0.6 is 0 Å². The fourth-order valence-corrected chi connectivity index (χ4v) is 3.21. The molecule has 1 atom stereocenters. The van der Waals surface area contributed by atoms with Gasteiger partial charge >= 0.3 is 0 Å². The van der Waals surface area contributed by atoms with E-state index in [4.69, 9.17) is 5.73 Å². The molecule has 0 aliphatic carbocycles. The van der Waals surface area contributed by atoms with E-state index in [0.717, 1.165) is 49.7 Å². The van der Waals surface area contributed by atoms with Crippen LogP contribution < -0.4 is 11.1 Å². The number of pyridine rings is 2. The van der Waals surface area contributed by atoms with Gasteiger partial charge in [-0.25, -0.2) is 9.97 Å². The van der Waals surface area contributed by atoms with Crippen molar-refractivity contribution < 1.29 is 4.79 Å². The zero-order valence-electron chi connectivity index (χ0n) is 13.7. The van der Waals surface area contributed by atoms with Gasteiger partial charge < -0.3 is 11.1 Å². The average molecular weight is 325 g/mol. The summed E-state index contributed by atoms with van der Waals surface area (Å²) in [7, 11) is 0. The molecule has 0 radical (unpaired) electrons. The summed E-state index contributed by atoms with van der Waals surface area (Å²) in [4.78, 5) is 22.2. The van der Waals surface area contributed by atoms with Gasteiger partial charge in [0.05, 0.1) is 6.54 Å². The second-order valence-electron chi connectivity index (χ2n) is 6.27. The van der Waals surface area contributed by atoms with E-state index in [1.807, 2.05) is 30.3 Å². The van der Waals surface area contributed by atoms with Crippen molar-refractivity contribution in [3.63, 3.8) is 0 Å². The van der Waals surface area contributed by atoms with Gasteiger partial charge in [0.15, 0.2) is 0 Å². The van der Waals surface area contributed by atoms with Crippen LogP contribution in [0.4, 0.5) is 11.6 Å². The Morgan fingerprint density at radius 3 is 2.92 bits per heavy atom. The molecule has 6 nitrogen and oxygen atoms in total. The highest BCUT2D eigenvalue weighted by Gasteiger charge is 2.21. The molecule has 1 unspecified atom stereocenters. The van der Waals surface area contributed by atoms with Crippen molar-refractivity contribution in [2.24, 2.45) is 11.7 Å². The van der Waals surface area contributed by atoms with Crippen LogP contribution in [0.15, 0.2) is 42.6 Å². The highest BCUT2D eigenvalue weighted by atomic mass is 16.1. The van der Waals surface area contributed by atoms with Gasteiger partial charge in [0.25, 0.3) is 0 Å². The monoisotopic (exact) mass is 325 g/mol. The molecule has 0 saturated carbocycles. The van der Waals surface area contributed by atoms with Gasteiger partial charge in [0.2, 0.25) is 5.91 Å². The van der Waals surface area contributed by atoms with Crippen molar-refractivity contribution in [3.8, 4) is 0 Å². The van der Waals surface area contributed by atoms with Crippen LogP contribution in [0.3, 0.4) is 0 Å². The third-order valence-electron chi connectivity index (χ3n) is 4.21. The number of rotatable bonds is 6. The first kappa shape index (κ1) is 16.4. The number of nitrogens with zero attached hydrogens (tertiary/aromatic N) is 3. The lowest BCUT2D eigenvalue weighted by atomic mass is 9.93. The third-order valence-corrected chi connectivity index (χ3v) is 4.21. The van der Waals surface area contributed by atoms with E-state index in [-0.39, 0.29) is 5.91 Å². The molecule has 1 fully saturated rings. The molecule has 126 valence electrons. The number of piperidine rings is 1. The first-order valence-electron chi connectivity index (χ1n) is 8.34. The van der Waals surface area contributed by atoms with Gasteiger partial charge in [-0.15, -0.1) is 0 Å². The molecule has 2 aromatic rings. The molecule has 0 spiro atoms. The Balaban J connectivity index is 1.61. The Hall–Kier alpha value is -2.47. The molecular formula is C18H23N5O. The Labute approximate surface area is 142 Å². The molecular weight excluding hydrogens is 302 g/mol. The van der Waals surface area contributed by atoms with Gasteiger partial charge in [0, 0.05) is 18.4 Å². The number of aromatic nitrogens is 2. The van der Waals surface area contributed by atoms with E-state index in [1.54, 1.807) is 6.20 Å². The number of hydrogen-bond donors (Lipinski definition) is 2. The summed E-state index contributed by atoms with van der Waals surface area (Å²) >= 11 is 0. The zero-order chi connectivity index (χ0) is 16.8. The van der Waals surface area contributed by atoms with Gasteiger partial charge in [-0.2, -0.15) is 0 Å². The number of carbonyl (C=O) groups is 1. The summed E-state index contributed by atoms with van der Waals surface area (Å²) in [5, 5.41) is 3.22. The SMILES string of the molecule is NC(=O)CN1CCCC(Cc2cccc(Nc3ccccn3)n2)C1. The van der Waals surface area contributed by atoms with Crippen LogP contribution in [-0.4, -0.2) is 40.4 Å².